The molecule has 1 aromatic carbocycles. The van der Waals surface area contributed by atoms with Crippen molar-refractivity contribution in [2.75, 3.05) is 11.5 Å². The first-order valence-corrected chi connectivity index (χ1v) is 8.46. The fraction of sp³-hybridized carbons (Fsp3) is 0.571. The van der Waals surface area contributed by atoms with Crippen molar-refractivity contribution in [1.82, 2.24) is 5.32 Å². The minimum atomic E-state index is 0.439. The van der Waals surface area contributed by atoms with E-state index >= 15 is 0 Å². The van der Waals surface area contributed by atoms with E-state index in [1.807, 2.05) is 11.8 Å². The minimum Gasteiger partial charge on any atom is -0.308 e. The first kappa shape index (κ1) is 15.3. The summed E-state index contributed by atoms with van der Waals surface area (Å²) in [5.74, 6) is 2.48. The average Bonchev–Trinajstić information content (AvgIpc) is 2.30. The predicted octanol–water partition coefficient (Wildman–Crippen LogP) is 4.47. The van der Waals surface area contributed by atoms with Gasteiger partial charge < -0.3 is 5.32 Å². The summed E-state index contributed by atoms with van der Waals surface area (Å²) >= 11 is 4.36. The Kier molecular flexibility index (Phi) is 7.55. The average molecular weight is 363 g/mol. The van der Waals surface area contributed by atoms with Gasteiger partial charge in [0.1, 0.15) is 0 Å². The number of hydrogen-bond donors (Lipinski definition) is 1. The molecule has 0 spiro atoms. The van der Waals surface area contributed by atoms with E-state index in [4.69, 9.17) is 0 Å². The topological polar surface area (TPSA) is 12.0 Å². The van der Waals surface area contributed by atoms with Crippen LogP contribution in [0.4, 0.5) is 0 Å². The third kappa shape index (κ3) is 6.11. The van der Waals surface area contributed by atoms with Crippen molar-refractivity contribution in [1.29, 1.82) is 0 Å². The van der Waals surface area contributed by atoms with Crippen LogP contribution in [0, 0.1) is 3.57 Å². The largest absolute Gasteiger partial charge is 0.308 e. The van der Waals surface area contributed by atoms with Gasteiger partial charge in [0.05, 0.1) is 0 Å². The lowest BCUT2D eigenvalue weighted by atomic mass is 10.1. The standard InChI is InChI=1S/C14H22INS/c1-4-17-10-9-11(2)16-12(3)13-5-7-14(15)8-6-13/h5-8,11-12,16H,4,9-10H2,1-3H3. The van der Waals surface area contributed by atoms with Gasteiger partial charge in [0, 0.05) is 15.7 Å². The summed E-state index contributed by atoms with van der Waals surface area (Å²) in [5.41, 5.74) is 1.38. The number of hydrogen-bond acceptors (Lipinski definition) is 2. The summed E-state index contributed by atoms with van der Waals surface area (Å²) in [7, 11) is 0. The van der Waals surface area contributed by atoms with Crippen LogP contribution >= 0.6 is 34.4 Å². The molecule has 1 N–H and O–H groups in total. The van der Waals surface area contributed by atoms with E-state index in [2.05, 4.69) is 72.9 Å². The maximum absolute atomic E-state index is 3.66. The molecule has 0 saturated carbocycles. The van der Waals surface area contributed by atoms with E-state index in [9.17, 15) is 0 Å². The summed E-state index contributed by atoms with van der Waals surface area (Å²) in [6.07, 6.45) is 1.24. The Morgan fingerprint density at radius 3 is 2.47 bits per heavy atom. The highest BCUT2D eigenvalue weighted by molar-refractivity contribution is 14.1. The SMILES string of the molecule is CCSCCC(C)NC(C)c1ccc(I)cc1. The van der Waals surface area contributed by atoms with Crippen LogP contribution in [0.15, 0.2) is 24.3 Å². The van der Waals surface area contributed by atoms with Crippen molar-refractivity contribution in [3.8, 4) is 0 Å². The molecule has 0 saturated heterocycles. The molecule has 0 radical (unpaired) electrons. The molecular weight excluding hydrogens is 341 g/mol. The van der Waals surface area contributed by atoms with Gasteiger partial charge in [-0.15, -0.1) is 0 Å². The minimum absolute atomic E-state index is 0.439. The van der Waals surface area contributed by atoms with Gasteiger partial charge in [-0.25, -0.2) is 0 Å². The van der Waals surface area contributed by atoms with E-state index in [-0.39, 0.29) is 0 Å². The van der Waals surface area contributed by atoms with Crippen LogP contribution in [0.5, 0.6) is 0 Å². The van der Waals surface area contributed by atoms with Gasteiger partial charge in [0.2, 0.25) is 0 Å². The van der Waals surface area contributed by atoms with E-state index in [1.54, 1.807) is 0 Å². The van der Waals surface area contributed by atoms with Crippen LogP contribution in [0.1, 0.15) is 38.8 Å². The lowest BCUT2D eigenvalue weighted by Gasteiger charge is -2.20. The van der Waals surface area contributed by atoms with Gasteiger partial charge in [0.15, 0.2) is 0 Å². The van der Waals surface area contributed by atoms with E-state index in [0.717, 1.165) is 0 Å². The van der Waals surface area contributed by atoms with Gasteiger partial charge >= 0.3 is 0 Å². The van der Waals surface area contributed by atoms with E-state index in [0.29, 0.717) is 12.1 Å². The molecule has 0 fully saturated rings. The zero-order valence-corrected chi connectivity index (χ0v) is 13.8. The number of halogens is 1. The van der Waals surface area contributed by atoms with Gasteiger partial charge in [-0.2, -0.15) is 11.8 Å². The van der Waals surface area contributed by atoms with Crippen molar-refractivity contribution in [3.63, 3.8) is 0 Å². The lowest BCUT2D eigenvalue weighted by Crippen LogP contribution is -2.29. The fourth-order valence-corrected chi connectivity index (χ4v) is 2.93. The number of benzene rings is 1. The van der Waals surface area contributed by atoms with Gasteiger partial charge in [-0.3, -0.25) is 0 Å². The monoisotopic (exact) mass is 363 g/mol. The Labute approximate surface area is 123 Å². The Balaban J connectivity index is 2.37. The lowest BCUT2D eigenvalue weighted by molar-refractivity contribution is 0.471. The summed E-state index contributed by atoms with van der Waals surface area (Å²) < 4.78 is 1.30. The molecule has 17 heavy (non-hydrogen) atoms. The number of thioether (sulfide) groups is 1. The molecular formula is C14H22INS. The molecule has 3 heteroatoms. The van der Waals surface area contributed by atoms with Crippen LogP contribution in [0.2, 0.25) is 0 Å². The predicted molar refractivity (Wildman–Crippen MR) is 87.8 cm³/mol. The molecule has 0 aliphatic carbocycles. The summed E-state index contributed by atoms with van der Waals surface area (Å²) in [6, 6.07) is 9.80. The van der Waals surface area contributed by atoms with E-state index in [1.165, 1.54) is 27.1 Å². The molecule has 0 bridgehead atoms. The molecule has 96 valence electrons. The smallest absolute Gasteiger partial charge is 0.0294 e. The first-order valence-electron chi connectivity index (χ1n) is 6.22. The van der Waals surface area contributed by atoms with Gasteiger partial charge in [-0.05, 0) is 72.1 Å². The summed E-state index contributed by atoms with van der Waals surface area (Å²) in [4.78, 5) is 0. The van der Waals surface area contributed by atoms with E-state index < -0.39 is 0 Å². The normalized spacial score (nSPS) is 14.6. The molecule has 1 nitrogen and oxygen atoms in total. The van der Waals surface area contributed by atoms with Gasteiger partial charge in [0.25, 0.3) is 0 Å². The zero-order chi connectivity index (χ0) is 12.7. The number of nitrogens with one attached hydrogen (secondary N) is 1. The Morgan fingerprint density at radius 2 is 1.88 bits per heavy atom. The van der Waals surface area contributed by atoms with Crippen LogP contribution in [0.3, 0.4) is 0 Å². The molecule has 2 atom stereocenters. The van der Waals surface area contributed by atoms with Crippen molar-refractivity contribution in [3.05, 3.63) is 33.4 Å². The summed E-state index contributed by atoms with van der Waals surface area (Å²) in [5, 5.41) is 3.66. The highest BCUT2D eigenvalue weighted by Crippen LogP contribution is 2.16. The molecule has 0 aliphatic heterocycles. The highest BCUT2D eigenvalue weighted by atomic mass is 127. The number of rotatable bonds is 7. The quantitative estimate of drug-likeness (QED) is 0.567. The summed E-state index contributed by atoms with van der Waals surface area (Å²) in [6.45, 7) is 6.74. The van der Waals surface area contributed by atoms with Crippen LogP contribution in [-0.2, 0) is 0 Å². The van der Waals surface area contributed by atoms with Crippen LogP contribution in [-0.4, -0.2) is 17.5 Å². The molecule has 0 aliphatic rings. The molecule has 1 aromatic rings. The second-order valence-corrected chi connectivity index (χ2v) is 6.97. The molecule has 0 aromatic heterocycles. The maximum atomic E-state index is 3.66. The fourth-order valence-electron chi connectivity index (χ4n) is 1.76. The molecule has 1 rings (SSSR count). The van der Waals surface area contributed by atoms with Crippen molar-refractivity contribution < 1.29 is 0 Å². The molecule has 0 amide bonds. The second kappa shape index (κ2) is 8.38. The molecule has 2 unspecified atom stereocenters. The van der Waals surface area contributed by atoms with Crippen molar-refractivity contribution >= 4 is 34.4 Å². The maximum Gasteiger partial charge on any atom is 0.0294 e. The first-order chi connectivity index (χ1) is 8.13. The van der Waals surface area contributed by atoms with Crippen molar-refractivity contribution in [2.45, 2.75) is 39.3 Å². The van der Waals surface area contributed by atoms with Crippen molar-refractivity contribution in [2.24, 2.45) is 0 Å². The molecule has 0 heterocycles. The Morgan fingerprint density at radius 1 is 1.24 bits per heavy atom. The highest BCUT2D eigenvalue weighted by Gasteiger charge is 2.08. The third-order valence-corrected chi connectivity index (χ3v) is 4.46. The van der Waals surface area contributed by atoms with Crippen LogP contribution < -0.4 is 5.32 Å². The second-order valence-electron chi connectivity index (χ2n) is 4.33. The zero-order valence-electron chi connectivity index (χ0n) is 10.9. The van der Waals surface area contributed by atoms with Crippen LogP contribution in [0.25, 0.3) is 0 Å². The van der Waals surface area contributed by atoms with Gasteiger partial charge in [-0.1, -0.05) is 19.1 Å². The Hall–Kier alpha value is 0.260. The Bertz CT molecular complexity index is 313. The third-order valence-electron chi connectivity index (χ3n) is 2.80.